The minimum Gasteiger partial charge on any atom is -0.452 e. The van der Waals surface area contributed by atoms with E-state index in [0.29, 0.717) is 21.7 Å². The van der Waals surface area contributed by atoms with Gasteiger partial charge in [-0.25, -0.2) is 4.79 Å². The minimum atomic E-state index is -0.643. The van der Waals surface area contributed by atoms with Crippen molar-refractivity contribution in [3.05, 3.63) is 59.7 Å². The van der Waals surface area contributed by atoms with Gasteiger partial charge in [0, 0.05) is 29.2 Å². The van der Waals surface area contributed by atoms with E-state index in [1.165, 1.54) is 42.4 Å². The maximum Gasteiger partial charge on any atom is 0.339 e. The van der Waals surface area contributed by atoms with Crippen molar-refractivity contribution in [2.45, 2.75) is 43.0 Å². The first-order valence-electron chi connectivity index (χ1n) is 11.2. The number of carbonyl (C=O) groups is 4. The first-order valence-corrected chi connectivity index (χ1v) is 12.2. The smallest absolute Gasteiger partial charge is 0.339 e. The van der Waals surface area contributed by atoms with Gasteiger partial charge in [-0.15, -0.1) is 11.8 Å². The molecule has 1 aliphatic carbocycles. The zero-order valence-electron chi connectivity index (χ0n) is 19.1. The van der Waals surface area contributed by atoms with Crippen LogP contribution < -0.4 is 11.1 Å². The number of hydrogen-bond donors (Lipinski definition) is 2. The summed E-state index contributed by atoms with van der Waals surface area (Å²) in [4.78, 5) is 51.0. The van der Waals surface area contributed by atoms with E-state index >= 15 is 0 Å². The van der Waals surface area contributed by atoms with Crippen molar-refractivity contribution < 1.29 is 23.9 Å². The average molecular weight is 484 g/mol. The fraction of sp³-hybridized carbons (Fsp3) is 0.360. The lowest BCUT2D eigenvalue weighted by Gasteiger charge is -2.31. The zero-order valence-corrected chi connectivity index (χ0v) is 19.9. The van der Waals surface area contributed by atoms with Crippen LogP contribution in [0.1, 0.15) is 52.8 Å². The quantitative estimate of drug-likeness (QED) is 0.416. The maximum absolute atomic E-state index is 12.7. The molecule has 0 heterocycles. The van der Waals surface area contributed by atoms with Gasteiger partial charge in [0.1, 0.15) is 0 Å². The second kappa shape index (κ2) is 12.2. The molecule has 1 aliphatic rings. The molecule has 2 aromatic carbocycles. The number of nitrogens with zero attached hydrogens (tertiary/aromatic N) is 1. The molecule has 0 atom stereocenters. The highest BCUT2D eigenvalue weighted by atomic mass is 32.2. The lowest BCUT2D eigenvalue weighted by molar-refractivity contribution is -0.129. The molecule has 0 saturated heterocycles. The Bertz CT molecular complexity index is 1040. The van der Waals surface area contributed by atoms with Gasteiger partial charge in [0.15, 0.2) is 6.61 Å². The number of nitrogens with two attached hydrogens (primary N) is 1. The van der Waals surface area contributed by atoms with Crippen LogP contribution in [0.3, 0.4) is 0 Å². The molecule has 180 valence electrons. The summed E-state index contributed by atoms with van der Waals surface area (Å²) in [5.41, 5.74) is 6.27. The second-order valence-electron chi connectivity index (χ2n) is 8.15. The molecular formula is C25H29N3O5S. The van der Waals surface area contributed by atoms with E-state index in [2.05, 4.69) is 5.32 Å². The number of amides is 3. The molecule has 3 rings (SSSR count). The first-order chi connectivity index (χ1) is 16.3. The molecule has 3 amide bonds. The molecular weight excluding hydrogens is 454 g/mol. The normalized spacial score (nSPS) is 13.7. The lowest BCUT2D eigenvalue weighted by atomic mass is 9.94. The Morgan fingerprint density at radius 3 is 2.38 bits per heavy atom. The summed E-state index contributed by atoms with van der Waals surface area (Å²) in [6, 6.07) is 13.2. The molecule has 8 nitrogen and oxygen atoms in total. The summed E-state index contributed by atoms with van der Waals surface area (Å²) < 4.78 is 5.18. The number of thioether (sulfide) groups is 1. The van der Waals surface area contributed by atoms with Crippen LogP contribution in [-0.4, -0.2) is 54.0 Å². The summed E-state index contributed by atoms with van der Waals surface area (Å²) in [7, 11) is 1.85. The zero-order chi connectivity index (χ0) is 24.5. The van der Waals surface area contributed by atoms with Crippen LogP contribution in [0.25, 0.3) is 0 Å². The van der Waals surface area contributed by atoms with Crippen molar-refractivity contribution in [1.82, 2.24) is 4.90 Å². The number of carbonyl (C=O) groups excluding carboxylic acids is 4. The molecule has 0 aliphatic heterocycles. The Kier molecular flexibility index (Phi) is 9.09. The van der Waals surface area contributed by atoms with Crippen LogP contribution in [0.2, 0.25) is 0 Å². The number of hydrogen-bond acceptors (Lipinski definition) is 6. The Hall–Kier alpha value is -3.33. The van der Waals surface area contributed by atoms with Gasteiger partial charge in [-0.3, -0.25) is 14.4 Å². The Labute approximate surface area is 203 Å². The van der Waals surface area contributed by atoms with Gasteiger partial charge < -0.3 is 20.7 Å². The van der Waals surface area contributed by atoms with E-state index in [1.54, 1.807) is 24.3 Å². The molecule has 3 N–H and O–H groups in total. The lowest BCUT2D eigenvalue weighted by Crippen LogP contribution is -2.39. The number of ether oxygens (including phenoxy) is 1. The number of anilines is 1. The highest BCUT2D eigenvalue weighted by Gasteiger charge is 2.23. The van der Waals surface area contributed by atoms with Gasteiger partial charge in [-0.2, -0.15) is 0 Å². The largest absolute Gasteiger partial charge is 0.452 e. The molecule has 2 aromatic rings. The Morgan fingerprint density at radius 1 is 1.03 bits per heavy atom. The van der Waals surface area contributed by atoms with E-state index in [-0.39, 0.29) is 17.7 Å². The number of esters is 1. The summed E-state index contributed by atoms with van der Waals surface area (Å²) in [5, 5.41) is 2.59. The van der Waals surface area contributed by atoms with Crippen LogP contribution in [-0.2, 0) is 14.3 Å². The third kappa shape index (κ3) is 7.08. The highest BCUT2D eigenvalue weighted by Crippen LogP contribution is 2.26. The standard InChI is InChI=1S/C25H29N3O5S/c1-28(19-7-3-2-4-8-19)23(30)16-34-21-10-6-5-9-20(21)25(32)33-15-22(29)27-18-13-11-17(12-14-18)24(26)31/h5-6,9-14,19H,2-4,7-8,15-16H2,1H3,(H2,26,31)(H,27,29). The van der Waals surface area contributed by atoms with Crippen molar-refractivity contribution in [2.24, 2.45) is 5.73 Å². The van der Waals surface area contributed by atoms with Crippen molar-refractivity contribution in [1.29, 1.82) is 0 Å². The first kappa shape index (κ1) is 25.3. The summed E-state index contributed by atoms with van der Waals surface area (Å²) >= 11 is 1.29. The average Bonchev–Trinajstić information content (AvgIpc) is 2.86. The molecule has 1 saturated carbocycles. The van der Waals surface area contributed by atoms with Gasteiger partial charge in [-0.1, -0.05) is 31.4 Å². The molecule has 0 unspecified atom stereocenters. The number of rotatable bonds is 9. The van der Waals surface area contributed by atoms with E-state index < -0.39 is 24.4 Å². The molecule has 0 bridgehead atoms. The van der Waals surface area contributed by atoms with E-state index in [9.17, 15) is 19.2 Å². The van der Waals surface area contributed by atoms with Crippen LogP contribution in [0.5, 0.6) is 0 Å². The predicted octanol–water partition coefficient (Wildman–Crippen LogP) is 3.46. The van der Waals surface area contributed by atoms with Crippen LogP contribution in [0, 0.1) is 0 Å². The van der Waals surface area contributed by atoms with E-state index in [4.69, 9.17) is 10.5 Å². The number of nitrogens with one attached hydrogen (secondary N) is 1. The van der Waals surface area contributed by atoms with Crippen molar-refractivity contribution in [3.63, 3.8) is 0 Å². The molecule has 1 fully saturated rings. The monoisotopic (exact) mass is 483 g/mol. The Balaban J connectivity index is 1.51. The van der Waals surface area contributed by atoms with Crippen LogP contribution in [0.4, 0.5) is 5.69 Å². The van der Waals surface area contributed by atoms with Gasteiger partial charge in [0.2, 0.25) is 11.8 Å². The summed E-state index contributed by atoms with van der Waals surface area (Å²) in [5.74, 6) is -1.48. The summed E-state index contributed by atoms with van der Waals surface area (Å²) in [6.45, 7) is -0.473. The molecule has 34 heavy (non-hydrogen) atoms. The second-order valence-corrected chi connectivity index (χ2v) is 9.16. The van der Waals surface area contributed by atoms with Gasteiger partial charge >= 0.3 is 5.97 Å². The van der Waals surface area contributed by atoms with Crippen molar-refractivity contribution >= 4 is 41.1 Å². The Morgan fingerprint density at radius 2 is 1.71 bits per heavy atom. The number of benzene rings is 2. The molecule has 0 spiro atoms. The van der Waals surface area contributed by atoms with Gasteiger partial charge in [0.05, 0.1) is 11.3 Å². The third-order valence-corrected chi connectivity index (χ3v) is 6.82. The van der Waals surface area contributed by atoms with E-state index in [1.807, 2.05) is 11.9 Å². The number of primary amides is 1. The third-order valence-electron chi connectivity index (χ3n) is 5.76. The van der Waals surface area contributed by atoms with Gasteiger partial charge in [-0.05, 0) is 49.2 Å². The minimum absolute atomic E-state index is 0.0294. The van der Waals surface area contributed by atoms with Crippen LogP contribution >= 0.6 is 11.8 Å². The molecule has 9 heteroatoms. The molecule has 0 radical (unpaired) electrons. The van der Waals surface area contributed by atoms with Crippen molar-refractivity contribution in [2.75, 3.05) is 24.7 Å². The predicted molar refractivity (Wildman–Crippen MR) is 131 cm³/mol. The maximum atomic E-state index is 12.7. The van der Waals surface area contributed by atoms with Crippen LogP contribution in [0.15, 0.2) is 53.4 Å². The SMILES string of the molecule is CN(C(=O)CSc1ccccc1C(=O)OCC(=O)Nc1ccc(C(N)=O)cc1)C1CCCCC1. The fourth-order valence-electron chi connectivity index (χ4n) is 3.80. The van der Waals surface area contributed by atoms with Gasteiger partial charge in [0.25, 0.3) is 5.91 Å². The van der Waals surface area contributed by atoms with E-state index in [0.717, 1.165) is 25.7 Å². The highest BCUT2D eigenvalue weighted by molar-refractivity contribution is 8.00. The van der Waals surface area contributed by atoms with Crippen molar-refractivity contribution in [3.8, 4) is 0 Å². The summed E-state index contributed by atoms with van der Waals surface area (Å²) in [6.07, 6.45) is 5.59. The topological polar surface area (TPSA) is 119 Å². The molecule has 0 aromatic heterocycles. The fourth-order valence-corrected chi connectivity index (χ4v) is 4.76.